The summed E-state index contributed by atoms with van der Waals surface area (Å²) >= 11 is 5.79. The Labute approximate surface area is 125 Å². The number of hydrogen-bond donors (Lipinski definition) is 0. The summed E-state index contributed by atoms with van der Waals surface area (Å²) in [6.07, 6.45) is 0. The molecule has 0 saturated carbocycles. The maximum atomic E-state index is 11.1. The lowest BCUT2D eigenvalue weighted by Crippen LogP contribution is -1.96. The van der Waals surface area contributed by atoms with E-state index in [-0.39, 0.29) is 22.7 Å². The Hall–Kier alpha value is -2.78. The highest BCUT2D eigenvalue weighted by molar-refractivity contribution is 6.30. The average molecular weight is 305 g/mol. The SMILES string of the molecule is COc1ccc(Oc2ccc(Cl)cc2C#N)c([N+](=O)[O-])c1. The van der Waals surface area contributed by atoms with Gasteiger partial charge in [0.2, 0.25) is 5.75 Å². The third kappa shape index (κ3) is 3.22. The van der Waals surface area contributed by atoms with Crippen molar-refractivity contribution in [1.82, 2.24) is 0 Å². The lowest BCUT2D eigenvalue weighted by Gasteiger charge is -2.09. The Morgan fingerprint density at radius 1 is 1.24 bits per heavy atom. The molecule has 106 valence electrons. The van der Waals surface area contributed by atoms with Crippen LogP contribution in [0.15, 0.2) is 36.4 Å². The van der Waals surface area contributed by atoms with E-state index in [1.165, 1.54) is 43.5 Å². The van der Waals surface area contributed by atoms with Crippen molar-refractivity contribution in [1.29, 1.82) is 5.26 Å². The molecule has 0 saturated heterocycles. The predicted octanol–water partition coefficient (Wildman–Crippen LogP) is 3.92. The normalized spacial score (nSPS) is 9.76. The highest BCUT2D eigenvalue weighted by Gasteiger charge is 2.18. The zero-order chi connectivity index (χ0) is 15.4. The fraction of sp³-hybridized carbons (Fsp3) is 0.0714. The Morgan fingerprint density at radius 2 is 1.95 bits per heavy atom. The highest BCUT2D eigenvalue weighted by atomic mass is 35.5. The summed E-state index contributed by atoms with van der Waals surface area (Å²) in [6, 6.07) is 10.6. The second kappa shape index (κ2) is 6.11. The third-order valence-electron chi connectivity index (χ3n) is 2.64. The van der Waals surface area contributed by atoms with Gasteiger partial charge < -0.3 is 9.47 Å². The van der Waals surface area contributed by atoms with Crippen molar-refractivity contribution in [3.63, 3.8) is 0 Å². The molecule has 7 heteroatoms. The van der Waals surface area contributed by atoms with Crippen LogP contribution in [0.5, 0.6) is 17.2 Å². The van der Waals surface area contributed by atoms with Gasteiger partial charge in [-0.3, -0.25) is 10.1 Å². The molecule has 6 nitrogen and oxygen atoms in total. The van der Waals surface area contributed by atoms with E-state index in [4.69, 9.17) is 26.3 Å². The van der Waals surface area contributed by atoms with E-state index in [0.717, 1.165) is 0 Å². The molecule has 0 N–H and O–H groups in total. The number of nitro benzene ring substituents is 1. The van der Waals surface area contributed by atoms with E-state index in [0.29, 0.717) is 10.8 Å². The third-order valence-corrected chi connectivity index (χ3v) is 2.88. The van der Waals surface area contributed by atoms with Crippen LogP contribution in [0.4, 0.5) is 5.69 Å². The van der Waals surface area contributed by atoms with Gasteiger partial charge in [0.15, 0.2) is 0 Å². The van der Waals surface area contributed by atoms with Crippen LogP contribution in [0, 0.1) is 21.4 Å². The summed E-state index contributed by atoms with van der Waals surface area (Å²) < 4.78 is 10.4. The van der Waals surface area contributed by atoms with Crippen LogP contribution in [-0.4, -0.2) is 12.0 Å². The zero-order valence-corrected chi connectivity index (χ0v) is 11.6. The molecule has 0 heterocycles. The van der Waals surface area contributed by atoms with Crippen molar-refractivity contribution in [3.05, 3.63) is 57.1 Å². The largest absolute Gasteiger partial charge is 0.496 e. The number of halogens is 1. The molecule has 2 aromatic carbocycles. The van der Waals surface area contributed by atoms with Crippen LogP contribution >= 0.6 is 11.6 Å². The van der Waals surface area contributed by atoms with E-state index < -0.39 is 4.92 Å². The lowest BCUT2D eigenvalue weighted by molar-refractivity contribution is -0.385. The minimum absolute atomic E-state index is 0.0135. The quantitative estimate of drug-likeness (QED) is 0.631. The van der Waals surface area contributed by atoms with Crippen molar-refractivity contribution in [2.75, 3.05) is 7.11 Å². The number of methoxy groups -OCH3 is 1. The predicted molar refractivity (Wildman–Crippen MR) is 75.9 cm³/mol. The molecule has 0 unspecified atom stereocenters. The first-order chi connectivity index (χ1) is 10.0. The second-order valence-corrected chi connectivity index (χ2v) is 4.38. The minimum Gasteiger partial charge on any atom is -0.496 e. The second-order valence-electron chi connectivity index (χ2n) is 3.95. The Balaban J connectivity index is 2.45. The molecule has 0 bridgehead atoms. The molecule has 0 aromatic heterocycles. The minimum atomic E-state index is -0.584. The summed E-state index contributed by atoms with van der Waals surface area (Å²) in [4.78, 5) is 10.5. The van der Waals surface area contributed by atoms with Crippen molar-refractivity contribution in [3.8, 4) is 23.3 Å². The number of rotatable bonds is 4. The smallest absolute Gasteiger partial charge is 0.315 e. The summed E-state index contributed by atoms with van der Waals surface area (Å²) in [7, 11) is 1.41. The number of nitro groups is 1. The standard InChI is InChI=1S/C14H9ClN2O4/c1-20-11-3-5-14(12(7-11)17(18)19)21-13-4-2-10(15)6-9(13)8-16/h2-7H,1H3. The maximum absolute atomic E-state index is 11.1. The van der Waals surface area contributed by atoms with Crippen LogP contribution in [0.3, 0.4) is 0 Å². The van der Waals surface area contributed by atoms with Crippen LogP contribution in [0.2, 0.25) is 5.02 Å². The lowest BCUT2D eigenvalue weighted by atomic mass is 10.2. The van der Waals surface area contributed by atoms with Gasteiger partial charge >= 0.3 is 5.69 Å². The molecule has 0 fully saturated rings. The molecule has 0 aliphatic carbocycles. The molecule has 0 radical (unpaired) electrons. The number of ether oxygens (including phenoxy) is 2. The van der Waals surface area contributed by atoms with Gasteiger partial charge in [-0.05, 0) is 30.3 Å². The van der Waals surface area contributed by atoms with Crippen molar-refractivity contribution in [2.45, 2.75) is 0 Å². The van der Waals surface area contributed by atoms with Gasteiger partial charge in [-0.1, -0.05) is 11.6 Å². The number of nitriles is 1. The first-order valence-corrected chi connectivity index (χ1v) is 6.13. The average Bonchev–Trinajstić information content (AvgIpc) is 2.49. The van der Waals surface area contributed by atoms with E-state index in [9.17, 15) is 10.1 Å². The van der Waals surface area contributed by atoms with Crippen molar-refractivity contribution >= 4 is 17.3 Å². The van der Waals surface area contributed by atoms with Crippen molar-refractivity contribution in [2.24, 2.45) is 0 Å². The topological polar surface area (TPSA) is 85.4 Å². The number of hydrogen-bond acceptors (Lipinski definition) is 5. The van der Waals surface area contributed by atoms with E-state index in [2.05, 4.69) is 0 Å². The monoisotopic (exact) mass is 304 g/mol. The maximum Gasteiger partial charge on any atom is 0.315 e. The van der Waals surface area contributed by atoms with Gasteiger partial charge in [0, 0.05) is 5.02 Å². The van der Waals surface area contributed by atoms with Gasteiger partial charge in [-0.15, -0.1) is 0 Å². The van der Waals surface area contributed by atoms with Gasteiger partial charge in [-0.2, -0.15) is 5.26 Å². The van der Waals surface area contributed by atoms with Crippen molar-refractivity contribution < 1.29 is 14.4 Å². The number of benzene rings is 2. The Morgan fingerprint density at radius 3 is 2.57 bits per heavy atom. The molecule has 0 amide bonds. The van der Waals surface area contributed by atoms with E-state index >= 15 is 0 Å². The Bertz CT molecular complexity index is 740. The van der Waals surface area contributed by atoms with Crippen LogP contribution in [-0.2, 0) is 0 Å². The molecule has 0 atom stereocenters. The molecular formula is C14H9ClN2O4. The molecule has 2 rings (SSSR count). The molecular weight excluding hydrogens is 296 g/mol. The molecule has 0 aliphatic rings. The van der Waals surface area contributed by atoms with Gasteiger partial charge in [0.1, 0.15) is 17.6 Å². The first kappa shape index (κ1) is 14.6. The molecule has 21 heavy (non-hydrogen) atoms. The number of nitrogens with zero attached hydrogens (tertiary/aromatic N) is 2. The van der Waals surface area contributed by atoms with Crippen LogP contribution < -0.4 is 9.47 Å². The summed E-state index contributed by atoms with van der Waals surface area (Å²) in [5, 5.41) is 20.5. The highest BCUT2D eigenvalue weighted by Crippen LogP contribution is 2.36. The fourth-order valence-electron chi connectivity index (χ4n) is 1.65. The summed E-state index contributed by atoms with van der Waals surface area (Å²) in [5.41, 5.74) is -0.0687. The van der Waals surface area contributed by atoms with Gasteiger partial charge in [0.25, 0.3) is 0 Å². The van der Waals surface area contributed by atoms with E-state index in [1.54, 1.807) is 0 Å². The summed E-state index contributed by atoms with van der Waals surface area (Å²) in [5.74, 6) is 0.542. The first-order valence-electron chi connectivity index (χ1n) is 5.75. The zero-order valence-electron chi connectivity index (χ0n) is 10.9. The summed E-state index contributed by atoms with van der Waals surface area (Å²) in [6.45, 7) is 0. The van der Waals surface area contributed by atoms with E-state index in [1.807, 2.05) is 6.07 Å². The Kier molecular flexibility index (Phi) is 4.26. The molecule has 0 spiro atoms. The fourth-order valence-corrected chi connectivity index (χ4v) is 1.82. The molecule has 0 aliphatic heterocycles. The molecule has 2 aromatic rings. The van der Waals surface area contributed by atoms with Gasteiger partial charge in [-0.25, -0.2) is 0 Å². The van der Waals surface area contributed by atoms with Crippen LogP contribution in [0.25, 0.3) is 0 Å². The van der Waals surface area contributed by atoms with Crippen LogP contribution in [0.1, 0.15) is 5.56 Å². The van der Waals surface area contributed by atoms with Gasteiger partial charge in [0.05, 0.1) is 23.7 Å².